The molecule has 1 saturated heterocycles. The number of anilines is 1. The molecule has 0 amide bonds. The molecular weight excluding hydrogens is 301 g/mol. The van der Waals surface area contributed by atoms with Crippen molar-refractivity contribution in [3.8, 4) is 0 Å². The van der Waals surface area contributed by atoms with E-state index in [1.165, 1.54) is 12.1 Å². The summed E-state index contributed by atoms with van der Waals surface area (Å²) in [6.45, 7) is 3.92. The van der Waals surface area contributed by atoms with Crippen LogP contribution in [0.2, 0.25) is 10.0 Å². The average molecular weight is 318 g/mol. The SMILES string of the molecule is CC1CC(OC(=O)c2cc(Cl)cc(Cl)c2N)CC(C)O1. The molecule has 0 aliphatic carbocycles. The quantitative estimate of drug-likeness (QED) is 0.667. The predicted octanol–water partition coefficient (Wildman–Crippen LogP) is 3.69. The van der Waals surface area contributed by atoms with Crippen LogP contribution in [-0.2, 0) is 9.47 Å². The molecule has 1 fully saturated rings. The lowest BCUT2D eigenvalue weighted by molar-refractivity contribution is -0.0855. The number of hydrogen-bond donors (Lipinski definition) is 1. The Balaban J connectivity index is 2.12. The van der Waals surface area contributed by atoms with Crippen LogP contribution >= 0.6 is 23.2 Å². The highest BCUT2D eigenvalue weighted by atomic mass is 35.5. The molecule has 1 heterocycles. The lowest BCUT2D eigenvalue weighted by Gasteiger charge is -2.31. The first-order chi connectivity index (χ1) is 9.36. The van der Waals surface area contributed by atoms with E-state index < -0.39 is 5.97 Å². The first kappa shape index (κ1) is 15.4. The van der Waals surface area contributed by atoms with Gasteiger partial charge >= 0.3 is 5.97 Å². The van der Waals surface area contributed by atoms with Gasteiger partial charge in [-0.25, -0.2) is 4.79 Å². The molecule has 0 spiro atoms. The van der Waals surface area contributed by atoms with Crippen molar-refractivity contribution in [3.05, 3.63) is 27.7 Å². The molecule has 2 rings (SSSR count). The van der Waals surface area contributed by atoms with Gasteiger partial charge in [-0.15, -0.1) is 0 Å². The maximum absolute atomic E-state index is 12.2. The number of hydrogen-bond acceptors (Lipinski definition) is 4. The van der Waals surface area contributed by atoms with E-state index in [4.69, 9.17) is 38.4 Å². The summed E-state index contributed by atoms with van der Waals surface area (Å²) in [5, 5.41) is 0.600. The highest BCUT2D eigenvalue weighted by Crippen LogP contribution is 2.29. The van der Waals surface area contributed by atoms with Crippen LogP contribution in [0.3, 0.4) is 0 Å². The largest absolute Gasteiger partial charge is 0.459 e. The van der Waals surface area contributed by atoms with Crippen LogP contribution in [0.5, 0.6) is 0 Å². The van der Waals surface area contributed by atoms with Crippen molar-refractivity contribution in [3.63, 3.8) is 0 Å². The summed E-state index contributed by atoms with van der Waals surface area (Å²) in [5.41, 5.74) is 6.19. The van der Waals surface area contributed by atoms with E-state index in [9.17, 15) is 4.79 Å². The van der Waals surface area contributed by atoms with Gasteiger partial charge in [0.05, 0.1) is 28.5 Å². The van der Waals surface area contributed by atoms with Crippen LogP contribution < -0.4 is 5.73 Å². The lowest BCUT2D eigenvalue weighted by Crippen LogP contribution is -2.35. The van der Waals surface area contributed by atoms with E-state index in [1.54, 1.807) is 0 Å². The molecule has 1 aromatic rings. The molecule has 0 saturated carbocycles. The molecule has 2 unspecified atom stereocenters. The first-order valence-corrected chi connectivity index (χ1v) is 7.23. The Hall–Kier alpha value is -0.970. The van der Waals surface area contributed by atoms with Crippen molar-refractivity contribution in [1.29, 1.82) is 0 Å². The van der Waals surface area contributed by atoms with Gasteiger partial charge in [0.1, 0.15) is 6.10 Å². The van der Waals surface area contributed by atoms with Gasteiger partial charge in [0.25, 0.3) is 0 Å². The fourth-order valence-corrected chi connectivity index (χ4v) is 2.90. The Kier molecular flexibility index (Phi) is 4.78. The molecule has 4 nitrogen and oxygen atoms in total. The van der Waals surface area contributed by atoms with Crippen LogP contribution in [0.25, 0.3) is 0 Å². The highest BCUT2D eigenvalue weighted by molar-refractivity contribution is 6.37. The number of nitrogen functional groups attached to an aromatic ring is 1. The number of halogens is 2. The van der Waals surface area contributed by atoms with Crippen LogP contribution in [0.15, 0.2) is 12.1 Å². The summed E-state index contributed by atoms with van der Waals surface area (Å²) >= 11 is 11.8. The summed E-state index contributed by atoms with van der Waals surface area (Å²) in [4.78, 5) is 12.2. The van der Waals surface area contributed by atoms with Crippen molar-refractivity contribution in [2.75, 3.05) is 5.73 Å². The molecule has 2 atom stereocenters. The third kappa shape index (κ3) is 3.57. The predicted molar refractivity (Wildman–Crippen MR) is 79.3 cm³/mol. The van der Waals surface area contributed by atoms with Crippen LogP contribution in [0, 0.1) is 0 Å². The van der Waals surface area contributed by atoms with E-state index in [2.05, 4.69) is 0 Å². The molecule has 6 heteroatoms. The second-order valence-corrected chi connectivity index (χ2v) is 5.95. The van der Waals surface area contributed by atoms with Gasteiger partial charge in [0.15, 0.2) is 0 Å². The van der Waals surface area contributed by atoms with Gasteiger partial charge in [-0.05, 0) is 26.0 Å². The smallest absolute Gasteiger partial charge is 0.340 e. The third-order valence-corrected chi connectivity index (χ3v) is 3.77. The van der Waals surface area contributed by atoms with Gasteiger partial charge in [-0.2, -0.15) is 0 Å². The van der Waals surface area contributed by atoms with Crippen molar-refractivity contribution >= 4 is 34.9 Å². The Morgan fingerprint density at radius 3 is 2.50 bits per heavy atom. The summed E-state index contributed by atoms with van der Waals surface area (Å²) in [5.74, 6) is -0.502. The van der Waals surface area contributed by atoms with E-state index in [0.29, 0.717) is 17.9 Å². The number of carbonyl (C=O) groups is 1. The molecule has 1 aromatic carbocycles. The number of ether oxygens (including phenoxy) is 2. The van der Waals surface area contributed by atoms with E-state index in [1.807, 2.05) is 13.8 Å². The molecular formula is C14H17Cl2NO3. The fraction of sp³-hybridized carbons (Fsp3) is 0.500. The molecule has 110 valence electrons. The molecule has 0 radical (unpaired) electrons. The number of esters is 1. The van der Waals surface area contributed by atoms with Crippen LogP contribution in [0.4, 0.5) is 5.69 Å². The molecule has 1 aliphatic heterocycles. The maximum Gasteiger partial charge on any atom is 0.340 e. The van der Waals surface area contributed by atoms with Gasteiger partial charge in [-0.1, -0.05) is 23.2 Å². The zero-order valence-corrected chi connectivity index (χ0v) is 12.9. The number of rotatable bonds is 2. The minimum atomic E-state index is -0.502. The lowest BCUT2D eigenvalue weighted by atomic mass is 10.0. The topological polar surface area (TPSA) is 61.5 Å². The van der Waals surface area contributed by atoms with Crippen molar-refractivity contribution in [2.24, 2.45) is 0 Å². The maximum atomic E-state index is 12.2. The normalized spacial score (nSPS) is 26.3. The summed E-state index contributed by atoms with van der Waals surface area (Å²) in [6, 6.07) is 2.96. The monoisotopic (exact) mass is 317 g/mol. The first-order valence-electron chi connectivity index (χ1n) is 6.47. The standard InChI is InChI=1S/C14H17Cl2NO3/c1-7-3-10(4-8(2)19-7)20-14(18)11-5-9(15)6-12(16)13(11)17/h5-8,10H,3-4,17H2,1-2H3. The highest BCUT2D eigenvalue weighted by Gasteiger charge is 2.28. The van der Waals surface area contributed by atoms with Gasteiger partial charge in [0, 0.05) is 17.9 Å². The average Bonchev–Trinajstić information content (AvgIpc) is 2.32. The van der Waals surface area contributed by atoms with E-state index in [-0.39, 0.29) is 34.6 Å². The Morgan fingerprint density at radius 1 is 1.30 bits per heavy atom. The summed E-state index contributed by atoms with van der Waals surface area (Å²) in [7, 11) is 0. The molecule has 0 aromatic heterocycles. The van der Waals surface area contributed by atoms with Crippen molar-refractivity contribution in [1.82, 2.24) is 0 Å². The number of nitrogens with two attached hydrogens (primary N) is 1. The minimum Gasteiger partial charge on any atom is -0.459 e. The Bertz CT molecular complexity index is 511. The second-order valence-electron chi connectivity index (χ2n) is 5.10. The number of benzene rings is 1. The van der Waals surface area contributed by atoms with Gasteiger partial charge < -0.3 is 15.2 Å². The second kappa shape index (κ2) is 6.20. The van der Waals surface area contributed by atoms with Crippen molar-refractivity contribution in [2.45, 2.75) is 45.0 Å². The third-order valence-electron chi connectivity index (χ3n) is 3.24. The van der Waals surface area contributed by atoms with E-state index >= 15 is 0 Å². The molecule has 1 aliphatic rings. The number of carbonyl (C=O) groups excluding carboxylic acids is 1. The zero-order chi connectivity index (χ0) is 14.9. The van der Waals surface area contributed by atoms with Gasteiger partial charge in [-0.3, -0.25) is 0 Å². The van der Waals surface area contributed by atoms with Gasteiger partial charge in [0.2, 0.25) is 0 Å². The zero-order valence-electron chi connectivity index (χ0n) is 11.4. The Morgan fingerprint density at radius 2 is 1.90 bits per heavy atom. The van der Waals surface area contributed by atoms with Crippen molar-refractivity contribution < 1.29 is 14.3 Å². The van der Waals surface area contributed by atoms with E-state index in [0.717, 1.165) is 0 Å². The molecule has 2 N–H and O–H groups in total. The minimum absolute atomic E-state index is 0.0665. The molecule has 20 heavy (non-hydrogen) atoms. The summed E-state index contributed by atoms with van der Waals surface area (Å²) < 4.78 is 11.1. The van der Waals surface area contributed by atoms with Crippen LogP contribution in [-0.4, -0.2) is 24.3 Å². The fourth-order valence-electron chi connectivity index (χ4n) is 2.41. The molecule has 0 bridgehead atoms. The summed E-state index contributed by atoms with van der Waals surface area (Å²) in [6.07, 6.45) is 1.29. The van der Waals surface area contributed by atoms with Crippen LogP contribution in [0.1, 0.15) is 37.0 Å². The Labute approximate surface area is 128 Å².